The summed E-state index contributed by atoms with van der Waals surface area (Å²) in [5, 5.41) is 0. The maximum Gasteiger partial charge on any atom is 0.261 e. The van der Waals surface area contributed by atoms with Crippen molar-refractivity contribution in [3.63, 3.8) is 0 Å². The SMILES string of the molecule is CCCCC(OCCC)c1ccc(S(=O)(=O)Cl)cc1. The predicted octanol–water partition coefficient (Wildman–Crippen LogP) is 4.27. The van der Waals surface area contributed by atoms with Crippen LogP contribution in [0.1, 0.15) is 51.2 Å². The van der Waals surface area contributed by atoms with Crippen molar-refractivity contribution in [3.8, 4) is 0 Å². The number of unbranched alkanes of at least 4 members (excludes halogenated alkanes) is 1. The van der Waals surface area contributed by atoms with Crippen molar-refractivity contribution in [1.82, 2.24) is 0 Å². The quantitative estimate of drug-likeness (QED) is 0.674. The van der Waals surface area contributed by atoms with E-state index in [1.165, 1.54) is 12.1 Å². The molecule has 1 aromatic carbocycles. The molecule has 0 bridgehead atoms. The summed E-state index contributed by atoms with van der Waals surface area (Å²) >= 11 is 0. The van der Waals surface area contributed by atoms with E-state index in [2.05, 4.69) is 13.8 Å². The molecule has 1 atom stereocenters. The first-order valence-corrected chi connectivity index (χ1v) is 8.96. The highest BCUT2D eigenvalue weighted by molar-refractivity contribution is 8.13. The van der Waals surface area contributed by atoms with Crippen LogP contribution < -0.4 is 0 Å². The van der Waals surface area contributed by atoms with Gasteiger partial charge in [-0.1, -0.05) is 38.8 Å². The average Bonchev–Trinajstić information content (AvgIpc) is 2.38. The summed E-state index contributed by atoms with van der Waals surface area (Å²) in [6.45, 7) is 4.92. The van der Waals surface area contributed by atoms with Crippen molar-refractivity contribution in [2.45, 2.75) is 50.5 Å². The van der Waals surface area contributed by atoms with Gasteiger partial charge in [-0.25, -0.2) is 8.42 Å². The van der Waals surface area contributed by atoms with Crippen LogP contribution in [-0.2, 0) is 13.8 Å². The zero-order valence-corrected chi connectivity index (χ0v) is 13.0. The third-order valence-corrected chi connectivity index (χ3v) is 4.25. The van der Waals surface area contributed by atoms with Gasteiger partial charge in [0, 0.05) is 17.3 Å². The summed E-state index contributed by atoms with van der Waals surface area (Å²) in [4.78, 5) is 0.127. The molecular formula is C14H21ClO3S. The van der Waals surface area contributed by atoms with Crippen molar-refractivity contribution < 1.29 is 13.2 Å². The molecule has 0 aromatic heterocycles. The second-order valence-electron chi connectivity index (χ2n) is 4.51. The monoisotopic (exact) mass is 304 g/mol. The molecule has 0 spiro atoms. The zero-order chi connectivity index (χ0) is 14.3. The van der Waals surface area contributed by atoms with Crippen molar-refractivity contribution in [3.05, 3.63) is 29.8 Å². The number of ether oxygens (including phenoxy) is 1. The highest BCUT2D eigenvalue weighted by Crippen LogP contribution is 2.25. The van der Waals surface area contributed by atoms with Crippen molar-refractivity contribution in [2.24, 2.45) is 0 Å². The summed E-state index contributed by atoms with van der Waals surface area (Å²) in [5.41, 5.74) is 1.01. The largest absolute Gasteiger partial charge is 0.374 e. The molecule has 1 rings (SSSR count). The molecule has 0 radical (unpaired) electrons. The standard InChI is InChI=1S/C14H21ClO3S/c1-3-5-6-14(18-11-4-2)12-7-9-13(10-8-12)19(15,16)17/h7-10,14H,3-6,11H2,1-2H3. The van der Waals surface area contributed by atoms with Gasteiger partial charge < -0.3 is 4.74 Å². The molecule has 0 amide bonds. The Hall–Kier alpha value is -0.580. The molecule has 0 fully saturated rings. The molecule has 19 heavy (non-hydrogen) atoms. The molecule has 1 aromatic rings. The van der Waals surface area contributed by atoms with Crippen LogP contribution in [0.4, 0.5) is 0 Å². The fourth-order valence-electron chi connectivity index (χ4n) is 1.84. The van der Waals surface area contributed by atoms with Gasteiger partial charge >= 0.3 is 0 Å². The molecule has 1 unspecified atom stereocenters. The maximum atomic E-state index is 11.2. The molecule has 5 heteroatoms. The van der Waals surface area contributed by atoms with Crippen molar-refractivity contribution >= 4 is 19.7 Å². The topological polar surface area (TPSA) is 43.4 Å². The number of hydrogen-bond donors (Lipinski definition) is 0. The van der Waals surface area contributed by atoms with E-state index in [9.17, 15) is 8.42 Å². The molecule has 0 heterocycles. The van der Waals surface area contributed by atoms with Crippen LogP contribution in [0.2, 0.25) is 0 Å². The number of halogens is 1. The third-order valence-electron chi connectivity index (χ3n) is 2.88. The lowest BCUT2D eigenvalue weighted by Gasteiger charge is -2.18. The van der Waals surface area contributed by atoms with Gasteiger partial charge in [-0.3, -0.25) is 0 Å². The maximum absolute atomic E-state index is 11.2. The number of benzene rings is 1. The van der Waals surface area contributed by atoms with Gasteiger partial charge in [0.15, 0.2) is 0 Å². The summed E-state index contributed by atoms with van der Waals surface area (Å²) in [7, 11) is 1.65. The van der Waals surface area contributed by atoms with Gasteiger partial charge in [-0.05, 0) is 30.5 Å². The smallest absolute Gasteiger partial charge is 0.261 e. The predicted molar refractivity (Wildman–Crippen MR) is 78.0 cm³/mol. The fraction of sp³-hybridized carbons (Fsp3) is 0.571. The lowest BCUT2D eigenvalue weighted by molar-refractivity contribution is 0.0455. The average molecular weight is 305 g/mol. The van der Waals surface area contributed by atoms with Crippen LogP contribution >= 0.6 is 10.7 Å². The lowest BCUT2D eigenvalue weighted by atomic mass is 10.0. The minimum atomic E-state index is -3.65. The van der Waals surface area contributed by atoms with Crippen LogP contribution in [-0.4, -0.2) is 15.0 Å². The van der Waals surface area contributed by atoms with Gasteiger partial charge in [-0.15, -0.1) is 0 Å². The molecule has 108 valence electrons. The molecule has 0 aliphatic heterocycles. The van der Waals surface area contributed by atoms with E-state index in [1.54, 1.807) is 12.1 Å². The first-order valence-electron chi connectivity index (χ1n) is 6.65. The lowest BCUT2D eigenvalue weighted by Crippen LogP contribution is -2.06. The Kier molecular flexibility index (Phi) is 6.83. The van der Waals surface area contributed by atoms with E-state index in [4.69, 9.17) is 15.4 Å². The minimum absolute atomic E-state index is 0.0342. The van der Waals surface area contributed by atoms with E-state index >= 15 is 0 Å². The van der Waals surface area contributed by atoms with Gasteiger partial charge in [0.1, 0.15) is 0 Å². The Morgan fingerprint density at radius 1 is 1.16 bits per heavy atom. The Balaban J connectivity index is 2.83. The highest BCUT2D eigenvalue weighted by atomic mass is 35.7. The van der Waals surface area contributed by atoms with Crippen LogP contribution in [0.25, 0.3) is 0 Å². The van der Waals surface area contributed by atoms with Crippen LogP contribution in [0.15, 0.2) is 29.2 Å². The number of hydrogen-bond acceptors (Lipinski definition) is 3. The summed E-state index contributed by atoms with van der Waals surface area (Å²) in [6.07, 6.45) is 4.15. The van der Waals surface area contributed by atoms with Gasteiger partial charge in [0.05, 0.1) is 11.0 Å². The minimum Gasteiger partial charge on any atom is -0.374 e. The summed E-state index contributed by atoms with van der Waals surface area (Å²) in [6, 6.07) is 6.63. The Morgan fingerprint density at radius 2 is 1.79 bits per heavy atom. The van der Waals surface area contributed by atoms with Crippen LogP contribution in [0.5, 0.6) is 0 Å². The highest BCUT2D eigenvalue weighted by Gasteiger charge is 2.14. The summed E-state index contributed by atoms with van der Waals surface area (Å²) in [5.74, 6) is 0. The molecular weight excluding hydrogens is 284 g/mol. The van der Waals surface area contributed by atoms with Crippen molar-refractivity contribution in [1.29, 1.82) is 0 Å². The molecule has 0 aliphatic rings. The van der Waals surface area contributed by atoms with E-state index in [0.717, 1.165) is 31.2 Å². The molecule has 0 N–H and O–H groups in total. The van der Waals surface area contributed by atoms with Crippen LogP contribution in [0, 0.1) is 0 Å². The van der Waals surface area contributed by atoms with E-state index in [-0.39, 0.29) is 11.0 Å². The normalized spacial score (nSPS) is 13.4. The Morgan fingerprint density at radius 3 is 2.26 bits per heavy atom. The van der Waals surface area contributed by atoms with Crippen LogP contribution in [0.3, 0.4) is 0 Å². The van der Waals surface area contributed by atoms with Crippen molar-refractivity contribution in [2.75, 3.05) is 6.61 Å². The van der Waals surface area contributed by atoms with E-state index in [1.807, 2.05) is 0 Å². The second kappa shape index (κ2) is 7.88. The second-order valence-corrected chi connectivity index (χ2v) is 7.07. The van der Waals surface area contributed by atoms with Gasteiger partial charge in [0.2, 0.25) is 0 Å². The first kappa shape index (κ1) is 16.5. The molecule has 0 saturated carbocycles. The molecule has 0 saturated heterocycles. The number of rotatable bonds is 8. The molecule has 0 aliphatic carbocycles. The van der Waals surface area contributed by atoms with E-state index < -0.39 is 9.05 Å². The summed E-state index contributed by atoms with van der Waals surface area (Å²) < 4.78 is 28.2. The van der Waals surface area contributed by atoms with E-state index in [0.29, 0.717) is 6.61 Å². The first-order chi connectivity index (χ1) is 8.99. The van der Waals surface area contributed by atoms with Gasteiger partial charge in [-0.2, -0.15) is 0 Å². The zero-order valence-electron chi connectivity index (χ0n) is 11.4. The Bertz CT molecular complexity index is 460. The molecule has 3 nitrogen and oxygen atoms in total. The fourth-order valence-corrected chi connectivity index (χ4v) is 2.61. The third kappa shape index (κ3) is 5.51. The Labute approximate surface area is 120 Å². The van der Waals surface area contributed by atoms with Gasteiger partial charge in [0.25, 0.3) is 9.05 Å².